The van der Waals surface area contributed by atoms with Crippen molar-refractivity contribution in [1.29, 1.82) is 0 Å². The topological polar surface area (TPSA) is 65.3 Å². The molecule has 0 radical (unpaired) electrons. The molecule has 3 fully saturated rings. The van der Waals surface area contributed by atoms with E-state index in [-0.39, 0.29) is 18.1 Å². The Labute approximate surface area is 215 Å². The fourth-order valence-electron chi connectivity index (χ4n) is 5.72. The number of nitrogens with zero attached hydrogens (tertiary/aromatic N) is 4. The number of benzene rings is 3. The lowest BCUT2D eigenvalue weighted by Crippen LogP contribution is -2.54. The van der Waals surface area contributed by atoms with Gasteiger partial charge < -0.3 is 9.80 Å². The van der Waals surface area contributed by atoms with E-state index < -0.39 is 47.5 Å². The molecule has 0 aromatic heterocycles. The maximum absolute atomic E-state index is 13.5. The number of alkyl halides is 3. The van der Waals surface area contributed by atoms with Gasteiger partial charge in [-0.1, -0.05) is 48.5 Å². The second-order valence-electron chi connectivity index (χ2n) is 9.48. The van der Waals surface area contributed by atoms with E-state index in [0.29, 0.717) is 18.1 Å². The fourth-order valence-corrected chi connectivity index (χ4v) is 5.72. The van der Waals surface area contributed by atoms with E-state index in [9.17, 15) is 27.6 Å². The standard InChI is InChI=1S/C28H19F3N4O3/c1-32-22-12-11-19(13-21(22)28(29,30)31)35-26(37)24-23-14-20(34(24)27(35)38)15-33(23)25(36)18-9-7-17(8-10-18)16-5-3-2-4-6-16/h2-13,20,23-24H,14-15H2/t20?,23?,24-/m1/s1. The summed E-state index contributed by atoms with van der Waals surface area (Å²) in [6.07, 6.45) is -4.40. The molecule has 38 heavy (non-hydrogen) atoms. The minimum absolute atomic E-state index is 0.234. The summed E-state index contributed by atoms with van der Waals surface area (Å²) in [5.74, 6) is -0.945. The molecule has 3 aromatic rings. The minimum atomic E-state index is -4.82. The van der Waals surface area contributed by atoms with E-state index in [4.69, 9.17) is 6.57 Å². The van der Waals surface area contributed by atoms with Crippen LogP contribution < -0.4 is 4.90 Å². The van der Waals surface area contributed by atoms with Crippen molar-refractivity contribution in [2.75, 3.05) is 11.4 Å². The molecule has 4 amide bonds. The molecule has 0 spiro atoms. The molecule has 3 heterocycles. The zero-order valence-corrected chi connectivity index (χ0v) is 19.7. The van der Waals surface area contributed by atoms with Crippen molar-refractivity contribution in [3.05, 3.63) is 95.3 Å². The van der Waals surface area contributed by atoms with Gasteiger partial charge in [0.1, 0.15) is 6.04 Å². The maximum Gasteiger partial charge on any atom is 0.407 e. The number of urea groups is 1. The predicted octanol–water partition coefficient (Wildman–Crippen LogP) is 5.36. The third-order valence-electron chi connectivity index (χ3n) is 7.43. The first-order valence-electron chi connectivity index (χ1n) is 11.9. The van der Waals surface area contributed by atoms with Crippen molar-refractivity contribution >= 4 is 29.2 Å². The number of anilines is 1. The molecule has 3 saturated heterocycles. The van der Waals surface area contributed by atoms with Gasteiger partial charge in [0.25, 0.3) is 11.8 Å². The van der Waals surface area contributed by atoms with Gasteiger partial charge >= 0.3 is 12.2 Å². The van der Waals surface area contributed by atoms with Crippen LogP contribution in [0.5, 0.6) is 0 Å². The molecule has 3 atom stereocenters. The minimum Gasteiger partial charge on any atom is -0.331 e. The van der Waals surface area contributed by atoms with E-state index in [2.05, 4.69) is 4.85 Å². The van der Waals surface area contributed by atoms with Crippen molar-refractivity contribution in [3.63, 3.8) is 0 Å². The lowest BCUT2D eigenvalue weighted by Gasteiger charge is -2.35. The van der Waals surface area contributed by atoms with Crippen LogP contribution in [0.1, 0.15) is 22.3 Å². The molecule has 190 valence electrons. The first kappa shape index (κ1) is 23.7. The number of amides is 4. The predicted molar refractivity (Wildman–Crippen MR) is 131 cm³/mol. The van der Waals surface area contributed by atoms with Crippen LogP contribution >= 0.6 is 0 Å². The van der Waals surface area contributed by atoms with Crippen LogP contribution in [0.15, 0.2) is 72.8 Å². The van der Waals surface area contributed by atoms with Gasteiger partial charge in [0.05, 0.1) is 29.9 Å². The molecule has 7 nitrogen and oxygen atoms in total. The van der Waals surface area contributed by atoms with Gasteiger partial charge in [0.15, 0.2) is 5.69 Å². The highest BCUT2D eigenvalue weighted by Crippen LogP contribution is 2.45. The molecule has 0 aliphatic carbocycles. The van der Waals surface area contributed by atoms with Gasteiger partial charge in [0.2, 0.25) is 0 Å². The number of carbonyl (C=O) groups is 3. The summed E-state index contributed by atoms with van der Waals surface area (Å²) < 4.78 is 40.5. The van der Waals surface area contributed by atoms with Crippen molar-refractivity contribution in [1.82, 2.24) is 9.80 Å². The molecule has 3 aliphatic rings. The lowest BCUT2D eigenvalue weighted by atomic mass is 10.0. The molecule has 2 bridgehead atoms. The van der Waals surface area contributed by atoms with Crippen molar-refractivity contribution < 1.29 is 27.6 Å². The Bertz CT molecular complexity index is 1520. The molecule has 10 heteroatoms. The van der Waals surface area contributed by atoms with E-state index in [1.807, 2.05) is 42.5 Å². The summed E-state index contributed by atoms with van der Waals surface area (Å²) in [7, 11) is 0. The van der Waals surface area contributed by atoms with Crippen LogP contribution in [0.3, 0.4) is 0 Å². The Balaban J connectivity index is 1.26. The highest BCUT2D eigenvalue weighted by atomic mass is 19.4. The Morgan fingerprint density at radius 2 is 1.63 bits per heavy atom. The first-order valence-corrected chi connectivity index (χ1v) is 11.9. The monoisotopic (exact) mass is 516 g/mol. The van der Waals surface area contributed by atoms with Gasteiger partial charge in [-0.2, -0.15) is 13.2 Å². The normalized spacial score (nSPS) is 22.2. The van der Waals surface area contributed by atoms with E-state index in [1.165, 1.54) is 11.0 Å². The molecule has 0 saturated carbocycles. The number of piperazine rings is 1. The number of likely N-dealkylation sites (tertiary alicyclic amines) is 1. The summed E-state index contributed by atoms with van der Waals surface area (Å²) in [6.45, 7) is 7.24. The third kappa shape index (κ3) is 3.54. The summed E-state index contributed by atoms with van der Waals surface area (Å²) in [5, 5.41) is 0. The average Bonchev–Trinajstić information content (AvgIpc) is 3.59. The number of carbonyl (C=O) groups excluding carboxylic acids is 3. The Morgan fingerprint density at radius 1 is 0.947 bits per heavy atom. The smallest absolute Gasteiger partial charge is 0.331 e. The Kier molecular flexibility index (Phi) is 5.28. The summed E-state index contributed by atoms with van der Waals surface area (Å²) in [6, 6.07) is 16.9. The van der Waals surface area contributed by atoms with Crippen molar-refractivity contribution in [2.24, 2.45) is 0 Å². The van der Waals surface area contributed by atoms with Gasteiger partial charge in [-0.25, -0.2) is 14.5 Å². The SMILES string of the molecule is [C-]#[N+]c1ccc(N2C(=O)[C@H]3C4CC(CN4C(=O)c4ccc(-c5ccccc5)cc4)N3C2=O)cc1C(F)(F)F. The second-order valence-corrected chi connectivity index (χ2v) is 9.48. The number of hydrogen-bond donors (Lipinski definition) is 0. The van der Waals surface area contributed by atoms with Crippen molar-refractivity contribution in [2.45, 2.75) is 30.7 Å². The molecule has 6 rings (SSSR count). The molecule has 3 aromatic carbocycles. The third-order valence-corrected chi connectivity index (χ3v) is 7.43. The largest absolute Gasteiger partial charge is 0.407 e. The molecular weight excluding hydrogens is 497 g/mol. The quantitative estimate of drug-likeness (QED) is 0.348. The molecule has 3 aliphatic heterocycles. The maximum atomic E-state index is 13.5. The van der Waals surface area contributed by atoms with Gasteiger partial charge in [-0.05, 0) is 41.8 Å². The van der Waals surface area contributed by atoms with Crippen LogP contribution in [-0.4, -0.2) is 52.3 Å². The van der Waals surface area contributed by atoms with Gasteiger partial charge in [-0.3, -0.25) is 9.59 Å². The van der Waals surface area contributed by atoms with Crippen LogP contribution in [0.4, 0.5) is 29.3 Å². The molecule has 0 N–H and O–H groups in total. The zero-order chi connectivity index (χ0) is 26.8. The van der Waals surface area contributed by atoms with Crippen LogP contribution in [0.2, 0.25) is 0 Å². The van der Waals surface area contributed by atoms with Gasteiger partial charge in [-0.15, -0.1) is 0 Å². The number of hydrogen-bond acceptors (Lipinski definition) is 3. The van der Waals surface area contributed by atoms with Gasteiger partial charge in [0, 0.05) is 12.1 Å². The van der Waals surface area contributed by atoms with Crippen LogP contribution in [-0.2, 0) is 11.0 Å². The molecular formula is C28H19F3N4O3. The summed E-state index contributed by atoms with van der Waals surface area (Å²) in [5.41, 5.74) is 0.332. The number of fused-ring (bicyclic) bond motifs is 5. The second kappa shape index (κ2) is 8.45. The average molecular weight is 516 g/mol. The first-order chi connectivity index (χ1) is 18.2. The van der Waals surface area contributed by atoms with E-state index in [1.54, 1.807) is 17.0 Å². The Hall–Kier alpha value is -4.65. The van der Waals surface area contributed by atoms with E-state index >= 15 is 0 Å². The zero-order valence-electron chi connectivity index (χ0n) is 19.7. The number of halogens is 3. The summed E-state index contributed by atoms with van der Waals surface area (Å²) in [4.78, 5) is 46.6. The lowest BCUT2D eigenvalue weighted by molar-refractivity contribution is -0.136. The summed E-state index contributed by atoms with van der Waals surface area (Å²) >= 11 is 0. The molecule has 2 unspecified atom stereocenters. The van der Waals surface area contributed by atoms with Crippen LogP contribution in [0, 0.1) is 6.57 Å². The van der Waals surface area contributed by atoms with Crippen molar-refractivity contribution in [3.8, 4) is 11.1 Å². The fraction of sp³-hybridized carbons (Fsp3) is 0.214. The highest BCUT2D eigenvalue weighted by molar-refractivity contribution is 6.22. The van der Waals surface area contributed by atoms with E-state index in [0.717, 1.165) is 22.1 Å². The highest BCUT2D eigenvalue weighted by Gasteiger charge is 2.63. The number of rotatable bonds is 3. The van der Waals surface area contributed by atoms with Crippen LogP contribution in [0.25, 0.3) is 16.0 Å². The Morgan fingerprint density at radius 3 is 2.29 bits per heavy atom. The number of imide groups is 1.